The molecule has 0 spiro atoms. The van der Waals surface area contributed by atoms with E-state index < -0.39 is 19.3 Å². The van der Waals surface area contributed by atoms with Gasteiger partial charge in [0.15, 0.2) is 0 Å². The molecule has 1 aromatic carbocycles. The lowest BCUT2D eigenvalue weighted by atomic mass is 10.1. The van der Waals surface area contributed by atoms with Crippen LogP contribution in [0.1, 0.15) is 5.56 Å². The molecule has 0 fully saturated rings. The molecule has 1 unspecified atom stereocenters. The first-order valence-electron chi connectivity index (χ1n) is 7.54. The number of aromatic nitrogens is 2. The highest BCUT2D eigenvalue weighted by Crippen LogP contribution is 2.55. The number of hydrogen-bond donors (Lipinski definition) is 0. The number of hydrogen-bond acceptors (Lipinski definition) is 5. The normalized spacial score (nSPS) is 13.2. The summed E-state index contributed by atoms with van der Waals surface area (Å²) in [6.07, 6.45) is 0.00829. The molecule has 0 amide bonds. The maximum absolute atomic E-state index is 12.6. The molecule has 0 aliphatic rings. The zero-order valence-corrected chi connectivity index (χ0v) is 18.7. The minimum atomic E-state index is -3.56. The van der Waals surface area contributed by atoms with Crippen molar-refractivity contribution < 1.29 is 27.1 Å². The quantitative estimate of drug-likeness (QED) is 0.319. The van der Waals surface area contributed by atoms with Crippen LogP contribution >= 0.6 is 54.0 Å². The predicted molar refractivity (Wildman–Crippen MR) is 105 cm³/mol. The Labute approximate surface area is 180 Å². The third-order valence-corrected chi connectivity index (χ3v) is 7.54. The molecule has 0 bridgehead atoms. The Hall–Kier alpha value is -0.600. The summed E-state index contributed by atoms with van der Waals surface area (Å²) in [6.45, 7) is -3.08. The molecule has 2 rings (SSSR count). The Kier molecular flexibility index (Phi) is 8.01. The Balaban J connectivity index is 2.49. The van der Waals surface area contributed by atoms with E-state index in [4.69, 9.17) is 55.5 Å². The van der Waals surface area contributed by atoms with Gasteiger partial charge in [-0.3, -0.25) is 4.57 Å². The number of halogens is 6. The summed E-state index contributed by atoms with van der Waals surface area (Å²) in [6, 6.07) is 2.94. The first-order valence-corrected chi connectivity index (χ1v) is 10.7. The van der Waals surface area contributed by atoms with Crippen LogP contribution in [-0.2, 0) is 27.1 Å². The molecule has 6 nitrogen and oxygen atoms in total. The maximum atomic E-state index is 12.6. The van der Waals surface area contributed by atoms with Gasteiger partial charge in [-0.05, 0) is 17.7 Å². The number of benzene rings is 1. The molecule has 0 aliphatic carbocycles. The second kappa shape index (κ2) is 9.47. The molecule has 1 heterocycles. The smallest absolute Gasteiger partial charge is 0.388 e. The van der Waals surface area contributed by atoms with Gasteiger partial charge in [0.25, 0.3) is 0 Å². The number of nitrogens with zero attached hydrogens (tertiary/aromatic N) is 2. The summed E-state index contributed by atoms with van der Waals surface area (Å²) in [4.78, 5) is 0. The van der Waals surface area contributed by atoms with Gasteiger partial charge in [0, 0.05) is 38.3 Å². The van der Waals surface area contributed by atoms with Gasteiger partial charge in [0.2, 0.25) is 5.88 Å². The third-order valence-electron chi connectivity index (χ3n) is 3.77. The SMILES string of the molecule is COP(=O)(OC)C(Cl)Cc1cc(-c2nn(C)c(OC(F)F)c2Cl)c(Cl)cc1Cl. The minimum absolute atomic E-state index is 0.00829. The highest BCUT2D eigenvalue weighted by atomic mass is 35.5. The fourth-order valence-corrected chi connectivity index (χ4v) is 4.92. The first-order chi connectivity index (χ1) is 13.0. The second-order valence-corrected chi connectivity index (χ2v) is 9.89. The molecule has 1 atom stereocenters. The van der Waals surface area contributed by atoms with Crippen LogP contribution in [0.5, 0.6) is 5.88 Å². The largest absolute Gasteiger partial charge is 0.416 e. The van der Waals surface area contributed by atoms with Crippen LogP contribution in [0, 0.1) is 0 Å². The standard InChI is InChI=1S/C15H15Cl4F2N2O4P/c1-23-14(27-15(20)21)12(19)13(22-23)8-4-7(9(16)6-10(8)17)5-11(18)28(24,25-2)26-3/h4,6,11,15H,5H2,1-3H3. The van der Waals surface area contributed by atoms with Crippen molar-refractivity contribution in [1.82, 2.24) is 9.78 Å². The van der Waals surface area contributed by atoms with Crippen molar-refractivity contribution in [3.05, 3.63) is 32.8 Å². The summed E-state index contributed by atoms with van der Waals surface area (Å²) in [5, 5.41) is 3.31. The maximum Gasteiger partial charge on any atom is 0.388 e. The zero-order chi connectivity index (χ0) is 21.2. The van der Waals surface area contributed by atoms with E-state index in [1.807, 2.05) is 0 Å². The molecule has 156 valence electrons. The van der Waals surface area contributed by atoms with Crippen molar-refractivity contribution in [2.24, 2.45) is 7.05 Å². The van der Waals surface area contributed by atoms with Crippen LogP contribution in [0.25, 0.3) is 11.3 Å². The van der Waals surface area contributed by atoms with Crippen molar-refractivity contribution in [2.45, 2.75) is 18.2 Å². The van der Waals surface area contributed by atoms with E-state index in [9.17, 15) is 13.3 Å². The third kappa shape index (κ3) is 4.93. The van der Waals surface area contributed by atoms with Crippen molar-refractivity contribution in [3.63, 3.8) is 0 Å². The fraction of sp³-hybridized carbons (Fsp3) is 0.400. The molecule has 0 N–H and O–H groups in total. The first kappa shape index (κ1) is 23.7. The van der Waals surface area contributed by atoms with Crippen LogP contribution in [0.15, 0.2) is 12.1 Å². The van der Waals surface area contributed by atoms with E-state index in [2.05, 4.69) is 9.84 Å². The molecule has 0 radical (unpaired) electrons. The summed E-state index contributed by atoms with van der Waals surface area (Å²) in [7, 11) is 0.258. The van der Waals surface area contributed by atoms with Gasteiger partial charge in [-0.1, -0.05) is 34.8 Å². The number of ether oxygens (including phenoxy) is 1. The number of rotatable bonds is 8. The van der Waals surface area contributed by atoms with Gasteiger partial charge < -0.3 is 13.8 Å². The molecule has 0 saturated heterocycles. The van der Waals surface area contributed by atoms with Gasteiger partial charge in [-0.2, -0.15) is 13.9 Å². The summed E-state index contributed by atoms with van der Waals surface area (Å²) in [5.74, 6) is -0.322. The molecule has 28 heavy (non-hydrogen) atoms. The number of alkyl halides is 3. The highest BCUT2D eigenvalue weighted by molar-refractivity contribution is 7.56. The van der Waals surface area contributed by atoms with Crippen LogP contribution in [0.3, 0.4) is 0 Å². The molecule has 1 aromatic heterocycles. The summed E-state index contributed by atoms with van der Waals surface area (Å²) < 4.78 is 52.8. The molecule has 0 aliphatic heterocycles. The van der Waals surface area contributed by atoms with E-state index in [1.165, 1.54) is 33.4 Å². The summed E-state index contributed by atoms with van der Waals surface area (Å²) >= 11 is 24.8. The van der Waals surface area contributed by atoms with Gasteiger partial charge >= 0.3 is 14.2 Å². The monoisotopic (exact) mass is 496 g/mol. The van der Waals surface area contributed by atoms with Gasteiger partial charge in [0.1, 0.15) is 15.8 Å². The van der Waals surface area contributed by atoms with Crippen LogP contribution in [0.4, 0.5) is 8.78 Å². The summed E-state index contributed by atoms with van der Waals surface area (Å²) in [5.41, 5.74) is 0.864. The van der Waals surface area contributed by atoms with Crippen molar-refractivity contribution in [1.29, 1.82) is 0 Å². The molecular formula is C15H15Cl4F2N2O4P. The Morgan fingerprint density at radius 1 is 1.18 bits per heavy atom. The second-order valence-electron chi connectivity index (χ2n) is 5.44. The Morgan fingerprint density at radius 3 is 2.32 bits per heavy atom. The average Bonchev–Trinajstić information content (AvgIpc) is 2.90. The number of aryl methyl sites for hydroxylation is 1. The van der Waals surface area contributed by atoms with Crippen LogP contribution in [-0.4, -0.2) is 35.7 Å². The van der Waals surface area contributed by atoms with Crippen molar-refractivity contribution in [2.75, 3.05) is 14.2 Å². The lowest BCUT2D eigenvalue weighted by Crippen LogP contribution is -2.08. The molecule has 0 saturated carbocycles. The van der Waals surface area contributed by atoms with E-state index in [-0.39, 0.29) is 33.1 Å². The van der Waals surface area contributed by atoms with Gasteiger partial charge in [0.05, 0.1) is 5.02 Å². The van der Waals surface area contributed by atoms with Gasteiger partial charge in [-0.25, -0.2) is 4.68 Å². The lowest BCUT2D eigenvalue weighted by molar-refractivity contribution is -0.0552. The van der Waals surface area contributed by atoms with Gasteiger partial charge in [-0.15, -0.1) is 11.6 Å². The Bertz CT molecular complexity index is 905. The fourth-order valence-electron chi connectivity index (χ4n) is 2.40. The van der Waals surface area contributed by atoms with E-state index in [0.29, 0.717) is 11.1 Å². The van der Waals surface area contributed by atoms with E-state index in [1.54, 1.807) is 0 Å². The molecule has 2 aromatic rings. The van der Waals surface area contributed by atoms with E-state index >= 15 is 0 Å². The van der Waals surface area contributed by atoms with E-state index in [0.717, 1.165) is 4.68 Å². The average molecular weight is 498 g/mol. The minimum Gasteiger partial charge on any atom is -0.416 e. The van der Waals surface area contributed by atoms with Crippen LogP contribution in [0.2, 0.25) is 15.1 Å². The van der Waals surface area contributed by atoms with Crippen molar-refractivity contribution in [3.8, 4) is 17.1 Å². The predicted octanol–water partition coefficient (Wildman–Crippen LogP) is 6.24. The molecule has 13 heteroatoms. The Morgan fingerprint density at radius 2 is 1.79 bits per heavy atom. The zero-order valence-electron chi connectivity index (χ0n) is 14.8. The lowest BCUT2D eigenvalue weighted by Gasteiger charge is -2.20. The van der Waals surface area contributed by atoms with Crippen LogP contribution < -0.4 is 4.74 Å². The molecular weight excluding hydrogens is 483 g/mol. The highest BCUT2D eigenvalue weighted by Gasteiger charge is 2.33. The van der Waals surface area contributed by atoms with Crippen molar-refractivity contribution >= 4 is 54.0 Å². The topological polar surface area (TPSA) is 62.6 Å².